The van der Waals surface area contributed by atoms with Gasteiger partial charge in [0.2, 0.25) is 0 Å². The van der Waals surface area contributed by atoms with Gasteiger partial charge in [-0.3, -0.25) is 0 Å². The molecule has 1 unspecified atom stereocenters. The molecule has 1 N–H and O–H groups in total. The number of hydrogen-bond acceptors (Lipinski definition) is 3. The second-order valence-corrected chi connectivity index (χ2v) is 4.30. The molecular weight excluding hydrogens is 221 g/mol. The van der Waals surface area contributed by atoms with E-state index < -0.39 is 0 Å². The Morgan fingerprint density at radius 2 is 2.41 bits per heavy atom. The first kappa shape index (κ1) is 12.3. The molecule has 4 heteroatoms. The highest BCUT2D eigenvalue weighted by Gasteiger charge is 2.18. The van der Waals surface area contributed by atoms with Crippen LogP contribution in [0.25, 0.3) is 0 Å². The van der Waals surface area contributed by atoms with Gasteiger partial charge in [0.05, 0.1) is 13.2 Å². The van der Waals surface area contributed by atoms with Gasteiger partial charge < -0.3 is 14.8 Å². The van der Waals surface area contributed by atoms with Crippen molar-refractivity contribution in [3.63, 3.8) is 0 Å². The van der Waals surface area contributed by atoms with Crippen LogP contribution in [0, 0.1) is 11.7 Å². The molecule has 1 aliphatic heterocycles. The first-order valence-electron chi connectivity index (χ1n) is 5.94. The molecule has 0 radical (unpaired) electrons. The predicted octanol–water partition coefficient (Wildman–Crippen LogP) is 1.96. The molecule has 2 rings (SSSR count). The molecule has 1 fully saturated rings. The van der Waals surface area contributed by atoms with Crippen LogP contribution in [0.2, 0.25) is 0 Å². The SMILES string of the molecule is CNCc1cccc(F)c1OCC1CCOC1. The largest absolute Gasteiger partial charge is 0.490 e. The zero-order valence-electron chi connectivity index (χ0n) is 10.0. The highest BCUT2D eigenvalue weighted by atomic mass is 19.1. The summed E-state index contributed by atoms with van der Waals surface area (Å²) in [5.41, 5.74) is 0.853. The quantitative estimate of drug-likeness (QED) is 0.852. The monoisotopic (exact) mass is 239 g/mol. The molecule has 1 aromatic rings. The zero-order valence-corrected chi connectivity index (χ0v) is 10.0. The molecule has 0 aromatic heterocycles. The van der Waals surface area contributed by atoms with Crippen molar-refractivity contribution in [3.8, 4) is 5.75 Å². The molecule has 1 heterocycles. The molecule has 0 aliphatic carbocycles. The molecule has 1 aliphatic rings. The van der Waals surface area contributed by atoms with E-state index in [9.17, 15) is 4.39 Å². The van der Waals surface area contributed by atoms with Crippen molar-refractivity contribution >= 4 is 0 Å². The van der Waals surface area contributed by atoms with E-state index in [0.717, 1.165) is 25.2 Å². The van der Waals surface area contributed by atoms with Gasteiger partial charge in [-0.1, -0.05) is 12.1 Å². The number of benzene rings is 1. The summed E-state index contributed by atoms with van der Waals surface area (Å²) in [4.78, 5) is 0. The van der Waals surface area contributed by atoms with E-state index in [-0.39, 0.29) is 5.82 Å². The molecular formula is C13H18FNO2. The Labute approximate surface area is 101 Å². The van der Waals surface area contributed by atoms with Gasteiger partial charge >= 0.3 is 0 Å². The van der Waals surface area contributed by atoms with Crippen molar-refractivity contribution in [2.24, 2.45) is 5.92 Å². The normalized spacial score (nSPS) is 19.5. The van der Waals surface area contributed by atoms with Crippen LogP contribution in [-0.4, -0.2) is 26.9 Å². The summed E-state index contributed by atoms with van der Waals surface area (Å²) in [7, 11) is 1.83. The fourth-order valence-corrected chi connectivity index (χ4v) is 1.96. The lowest BCUT2D eigenvalue weighted by Crippen LogP contribution is -2.15. The van der Waals surface area contributed by atoms with Crippen LogP contribution in [0.15, 0.2) is 18.2 Å². The second kappa shape index (κ2) is 5.98. The lowest BCUT2D eigenvalue weighted by atomic mass is 10.1. The molecule has 1 aromatic carbocycles. The minimum Gasteiger partial charge on any atom is -0.490 e. The standard InChI is InChI=1S/C13H18FNO2/c1-15-7-11-3-2-4-12(14)13(11)17-9-10-5-6-16-8-10/h2-4,10,15H,5-9H2,1H3. The Kier molecular flexibility index (Phi) is 4.34. The number of ether oxygens (including phenoxy) is 2. The van der Waals surface area contributed by atoms with E-state index in [1.165, 1.54) is 6.07 Å². The van der Waals surface area contributed by atoms with Gasteiger partial charge in [-0.05, 0) is 19.5 Å². The van der Waals surface area contributed by atoms with E-state index in [4.69, 9.17) is 9.47 Å². The van der Waals surface area contributed by atoms with Gasteiger partial charge in [-0.15, -0.1) is 0 Å². The van der Waals surface area contributed by atoms with Gasteiger partial charge in [-0.25, -0.2) is 4.39 Å². The average molecular weight is 239 g/mol. The Balaban J connectivity index is 2.02. The maximum absolute atomic E-state index is 13.7. The van der Waals surface area contributed by atoms with Gasteiger partial charge in [0.15, 0.2) is 11.6 Å². The fraction of sp³-hybridized carbons (Fsp3) is 0.538. The van der Waals surface area contributed by atoms with Crippen LogP contribution in [-0.2, 0) is 11.3 Å². The van der Waals surface area contributed by atoms with E-state index in [0.29, 0.717) is 24.8 Å². The van der Waals surface area contributed by atoms with Crippen LogP contribution < -0.4 is 10.1 Å². The van der Waals surface area contributed by atoms with Crippen molar-refractivity contribution in [1.29, 1.82) is 0 Å². The summed E-state index contributed by atoms with van der Waals surface area (Å²) in [6.07, 6.45) is 0.996. The van der Waals surface area contributed by atoms with Crippen LogP contribution in [0.4, 0.5) is 4.39 Å². The highest BCUT2D eigenvalue weighted by molar-refractivity contribution is 5.34. The van der Waals surface area contributed by atoms with Crippen LogP contribution >= 0.6 is 0 Å². The van der Waals surface area contributed by atoms with Crippen molar-refractivity contribution in [3.05, 3.63) is 29.6 Å². The first-order chi connectivity index (χ1) is 8.31. The molecule has 0 bridgehead atoms. The van der Waals surface area contributed by atoms with E-state index in [2.05, 4.69) is 5.32 Å². The lowest BCUT2D eigenvalue weighted by molar-refractivity contribution is 0.165. The van der Waals surface area contributed by atoms with Crippen LogP contribution in [0.5, 0.6) is 5.75 Å². The van der Waals surface area contributed by atoms with E-state index in [1.807, 2.05) is 13.1 Å². The Morgan fingerprint density at radius 1 is 1.53 bits per heavy atom. The molecule has 94 valence electrons. The Bertz CT molecular complexity index is 364. The number of rotatable bonds is 5. The zero-order chi connectivity index (χ0) is 12.1. The minimum atomic E-state index is -0.295. The fourth-order valence-electron chi connectivity index (χ4n) is 1.96. The third kappa shape index (κ3) is 3.17. The van der Waals surface area contributed by atoms with Crippen molar-refractivity contribution < 1.29 is 13.9 Å². The summed E-state index contributed by atoms with van der Waals surface area (Å²) in [6, 6.07) is 5.01. The molecule has 17 heavy (non-hydrogen) atoms. The third-order valence-electron chi connectivity index (χ3n) is 2.90. The van der Waals surface area contributed by atoms with Crippen molar-refractivity contribution in [2.45, 2.75) is 13.0 Å². The lowest BCUT2D eigenvalue weighted by Gasteiger charge is -2.14. The predicted molar refractivity (Wildman–Crippen MR) is 63.6 cm³/mol. The molecule has 0 amide bonds. The molecule has 0 saturated carbocycles. The second-order valence-electron chi connectivity index (χ2n) is 4.30. The van der Waals surface area contributed by atoms with Gasteiger partial charge in [0.1, 0.15) is 0 Å². The highest BCUT2D eigenvalue weighted by Crippen LogP contribution is 2.24. The average Bonchev–Trinajstić information content (AvgIpc) is 2.82. The van der Waals surface area contributed by atoms with E-state index >= 15 is 0 Å². The number of hydrogen-bond donors (Lipinski definition) is 1. The third-order valence-corrected chi connectivity index (χ3v) is 2.90. The maximum atomic E-state index is 13.7. The van der Waals surface area contributed by atoms with Crippen molar-refractivity contribution in [2.75, 3.05) is 26.9 Å². The number of para-hydroxylation sites is 1. The smallest absolute Gasteiger partial charge is 0.165 e. The maximum Gasteiger partial charge on any atom is 0.165 e. The van der Waals surface area contributed by atoms with Crippen LogP contribution in [0.1, 0.15) is 12.0 Å². The summed E-state index contributed by atoms with van der Waals surface area (Å²) < 4.78 is 24.5. The molecule has 0 spiro atoms. The van der Waals surface area contributed by atoms with Crippen molar-refractivity contribution in [1.82, 2.24) is 5.32 Å². The topological polar surface area (TPSA) is 30.5 Å². The van der Waals surface area contributed by atoms with E-state index in [1.54, 1.807) is 6.07 Å². The van der Waals surface area contributed by atoms with Gasteiger partial charge in [0.25, 0.3) is 0 Å². The summed E-state index contributed by atoms with van der Waals surface area (Å²) >= 11 is 0. The summed E-state index contributed by atoms with van der Waals surface area (Å²) in [6.45, 7) is 2.64. The first-order valence-corrected chi connectivity index (χ1v) is 5.94. The Hall–Kier alpha value is -1.13. The molecule has 1 atom stereocenters. The summed E-state index contributed by atoms with van der Waals surface area (Å²) in [5, 5.41) is 3.01. The number of nitrogens with one attached hydrogen (secondary N) is 1. The summed E-state index contributed by atoms with van der Waals surface area (Å²) in [5.74, 6) is 0.461. The Morgan fingerprint density at radius 3 is 3.12 bits per heavy atom. The van der Waals surface area contributed by atoms with Crippen LogP contribution in [0.3, 0.4) is 0 Å². The number of halogens is 1. The minimum absolute atomic E-state index is 0.295. The molecule has 1 saturated heterocycles. The van der Waals surface area contributed by atoms with Gasteiger partial charge in [-0.2, -0.15) is 0 Å². The molecule has 3 nitrogen and oxygen atoms in total. The van der Waals surface area contributed by atoms with Gasteiger partial charge in [0, 0.05) is 24.6 Å².